The van der Waals surface area contributed by atoms with Gasteiger partial charge in [0.15, 0.2) is 5.17 Å². The van der Waals surface area contributed by atoms with Crippen LogP contribution in [0.15, 0.2) is 131 Å². The van der Waals surface area contributed by atoms with Gasteiger partial charge in [0.25, 0.3) is 11.8 Å². The Morgan fingerprint density at radius 1 is 1.05 bits per heavy atom. The maximum atomic E-state index is 13.5. The van der Waals surface area contributed by atoms with Crippen molar-refractivity contribution in [3.63, 3.8) is 0 Å². The summed E-state index contributed by atoms with van der Waals surface area (Å²) in [5.41, 5.74) is 2.21. The number of nitrogens with one attached hydrogen (secondary N) is 1. The van der Waals surface area contributed by atoms with Gasteiger partial charge in [-0.05, 0) is 42.3 Å². The van der Waals surface area contributed by atoms with Gasteiger partial charge in [-0.15, -0.1) is 0 Å². The number of hydrogen-bond acceptors (Lipinski definition) is 5. The van der Waals surface area contributed by atoms with Crippen molar-refractivity contribution in [3.05, 3.63) is 138 Å². The lowest BCUT2D eigenvalue weighted by Gasteiger charge is -2.28. The summed E-state index contributed by atoms with van der Waals surface area (Å²) in [5.74, 6) is -1.26. The highest BCUT2D eigenvalue weighted by atomic mass is 32.2. The molecule has 196 valence electrons. The van der Waals surface area contributed by atoms with Gasteiger partial charge < -0.3 is 9.73 Å². The smallest absolute Gasteiger partial charge is 0.285 e. The van der Waals surface area contributed by atoms with E-state index in [1.54, 1.807) is 43.4 Å². The molecule has 0 atom stereocenters. The highest BCUT2D eigenvalue weighted by Crippen LogP contribution is 2.27. The van der Waals surface area contributed by atoms with E-state index in [2.05, 4.69) is 16.9 Å². The molecule has 0 spiro atoms. The van der Waals surface area contributed by atoms with E-state index in [-0.39, 0.29) is 28.4 Å². The molecule has 0 fully saturated rings. The standard InChI is InChI=1S/C31H27N3O4S/c1-3-5-17-24(4-2)34-30(37)26(20-25-18-12-19-38-25)29(36)33-31(34)39-21-27(35)32-28(22-13-8-6-9-14-22)23-15-10-7-11-16-23/h3-20,28H,1,21H2,2H3,(H,32,35)/b17-5-,24-4+,26-20+. The van der Waals surface area contributed by atoms with Crippen molar-refractivity contribution >= 4 is 40.7 Å². The molecule has 4 rings (SSSR count). The molecule has 8 heteroatoms. The van der Waals surface area contributed by atoms with Crippen LogP contribution in [0.5, 0.6) is 0 Å². The lowest BCUT2D eigenvalue weighted by molar-refractivity contribution is -0.126. The fraction of sp³-hybridized carbons (Fsp3) is 0.0968. The Morgan fingerprint density at radius 2 is 1.72 bits per heavy atom. The topological polar surface area (TPSA) is 92.0 Å². The number of aliphatic imine (C=N–C) groups is 1. The van der Waals surface area contributed by atoms with Crippen LogP contribution in [-0.4, -0.2) is 33.5 Å². The monoisotopic (exact) mass is 537 g/mol. The summed E-state index contributed by atoms with van der Waals surface area (Å²) in [4.78, 5) is 45.1. The van der Waals surface area contributed by atoms with Crippen LogP contribution in [0.3, 0.4) is 0 Å². The first-order valence-electron chi connectivity index (χ1n) is 12.2. The molecule has 0 bridgehead atoms. The lowest BCUT2D eigenvalue weighted by atomic mass is 9.99. The minimum Gasteiger partial charge on any atom is -0.465 e. The van der Waals surface area contributed by atoms with Crippen LogP contribution in [0.2, 0.25) is 0 Å². The third kappa shape index (κ3) is 6.80. The largest absolute Gasteiger partial charge is 0.465 e. The normalized spacial score (nSPS) is 15.2. The minimum absolute atomic E-state index is 0.0640. The third-order valence-electron chi connectivity index (χ3n) is 5.74. The van der Waals surface area contributed by atoms with E-state index in [4.69, 9.17) is 4.42 Å². The number of benzene rings is 2. The molecule has 0 saturated heterocycles. The molecule has 3 aromatic rings. The Morgan fingerprint density at radius 3 is 2.28 bits per heavy atom. The van der Waals surface area contributed by atoms with Crippen LogP contribution >= 0.6 is 11.8 Å². The highest BCUT2D eigenvalue weighted by molar-refractivity contribution is 8.14. The van der Waals surface area contributed by atoms with Crippen molar-refractivity contribution in [2.45, 2.75) is 13.0 Å². The minimum atomic E-state index is -0.704. The number of rotatable bonds is 9. The second kappa shape index (κ2) is 13.2. The van der Waals surface area contributed by atoms with Gasteiger partial charge in [0.1, 0.15) is 11.3 Å². The molecule has 7 nitrogen and oxygen atoms in total. The number of thioether (sulfide) groups is 1. The van der Waals surface area contributed by atoms with Crippen LogP contribution in [0, 0.1) is 0 Å². The van der Waals surface area contributed by atoms with Gasteiger partial charge in [0, 0.05) is 5.70 Å². The lowest BCUT2D eigenvalue weighted by Crippen LogP contribution is -2.42. The number of carbonyl (C=O) groups is 3. The Kier molecular flexibility index (Phi) is 9.26. The molecule has 2 heterocycles. The van der Waals surface area contributed by atoms with Gasteiger partial charge in [-0.2, -0.15) is 4.99 Å². The van der Waals surface area contributed by atoms with Crippen LogP contribution < -0.4 is 5.32 Å². The van der Waals surface area contributed by atoms with Gasteiger partial charge in [-0.3, -0.25) is 19.3 Å². The molecular weight excluding hydrogens is 510 g/mol. The fourth-order valence-electron chi connectivity index (χ4n) is 3.91. The molecule has 1 aliphatic heterocycles. The molecule has 1 aliphatic rings. The van der Waals surface area contributed by atoms with E-state index in [0.29, 0.717) is 11.5 Å². The van der Waals surface area contributed by atoms with Gasteiger partial charge in [-0.1, -0.05) is 97.2 Å². The van der Waals surface area contributed by atoms with E-state index in [1.807, 2.05) is 60.7 Å². The summed E-state index contributed by atoms with van der Waals surface area (Å²) in [6.45, 7) is 5.45. The van der Waals surface area contributed by atoms with Gasteiger partial charge in [0.2, 0.25) is 5.91 Å². The highest BCUT2D eigenvalue weighted by Gasteiger charge is 2.35. The van der Waals surface area contributed by atoms with E-state index >= 15 is 0 Å². The predicted octanol–water partition coefficient (Wildman–Crippen LogP) is 5.67. The molecule has 2 aromatic carbocycles. The number of carbonyl (C=O) groups excluding carboxylic acids is 3. The Balaban J connectivity index is 1.59. The predicted molar refractivity (Wildman–Crippen MR) is 154 cm³/mol. The molecule has 3 amide bonds. The van der Waals surface area contributed by atoms with E-state index in [1.165, 1.54) is 17.2 Å². The molecule has 0 radical (unpaired) electrons. The molecule has 0 aliphatic carbocycles. The zero-order valence-corrected chi connectivity index (χ0v) is 22.1. The molecule has 0 unspecified atom stereocenters. The van der Waals surface area contributed by atoms with Crippen molar-refractivity contribution in [3.8, 4) is 0 Å². The number of allylic oxidation sites excluding steroid dienone is 4. The summed E-state index contributed by atoms with van der Waals surface area (Å²) < 4.78 is 5.29. The van der Waals surface area contributed by atoms with Crippen LogP contribution in [0.1, 0.15) is 29.9 Å². The summed E-state index contributed by atoms with van der Waals surface area (Å²) >= 11 is 1.01. The molecular formula is C31H27N3O4S. The van der Waals surface area contributed by atoms with Crippen molar-refractivity contribution in [1.29, 1.82) is 0 Å². The maximum Gasteiger partial charge on any atom is 0.285 e. The third-order valence-corrected chi connectivity index (χ3v) is 6.68. The second-order valence-corrected chi connectivity index (χ2v) is 9.27. The summed E-state index contributed by atoms with van der Waals surface area (Å²) in [7, 11) is 0. The Hall–Kier alpha value is -4.69. The zero-order valence-electron chi connectivity index (χ0n) is 21.3. The van der Waals surface area contributed by atoms with Crippen LogP contribution in [0.25, 0.3) is 6.08 Å². The van der Waals surface area contributed by atoms with Crippen molar-refractivity contribution in [2.75, 3.05) is 5.75 Å². The van der Waals surface area contributed by atoms with Crippen molar-refractivity contribution < 1.29 is 18.8 Å². The number of nitrogens with zero attached hydrogens (tertiary/aromatic N) is 2. The number of furan rings is 1. The molecule has 1 N–H and O–H groups in total. The first-order chi connectivity index (χ1) is 19.0. The molecule has 1 aromatic heterocycles. The molecule has 39 heavy (non-hydrogen) atoms. The average molecular weight is 538 g/mol. The van der Waals surface area contributed by atoms with Gasteiger partial charge in [-0.25, -0.2) is 0 Å². The Labute approximate surface area is 231 Å². The van der Waals surface area contributed by atoms with Crippen LogP contribution in [0.4, 0.5) is 0 Å². The number of amidine groups is 1. The average Bonchev–Trinajstić information content (AvgIpc) is 3.48. The Bertz CT molecular complexity index is 1420. The quantitative estimate of drug-likeness (QED) is 0.216. The molecule has 0 saturated carbocycles. The summed E-state index contributed by atoms with van der Waals surface area (Å²) in [5, 5.41) is 3.18. The van der Waals surface area contributed by atoms with Crippen LogP contribution in [-0.2, 0) is 14.4 Å². The maximum absolute atomic E-state index is 13.5. The fourth-order valence-corrected chi connectivity index (χ4v) is 4.72. The van der Waals surface area contributed by atoms with Gasteiger partial charge in [0.05, 0.1) is 18.1 Å². The first kappa shape index (κ1) is 27.3. The number of hydrogen-bond donors (Lipinski definition) is 1. The van der Waals surface area contributed by atoms with Crippen molar-refractivity contribution in [2.24, 2.45) is 4.99 Å². The van der Waals surface area contributed by atoms with E-state index in [0.717, 1.165) is 22.9 Å². The van der Waals surface area contributed by atoms with E-state index in [9.17, 15) is 14.4 Å². The van der Waals surface area contributed by atoms with Gasteiger partial charge >= 0.3 is 0 Å². The number of amides is 3. The summed E-state index contributed by atoms with van der Waals surface area (Å²) in [6.07, 6.45) is 9.47. The SMILES string of the molecule is C=C/C=C\C(=C/C)N1C(=O)/C(=C/c2ccco2)C(=O)N=C1SCC(=O)NC(c1ccccc1)c1ccccc1. The first-order valence-corrected chi connectivity index (χ1v) is 13.2. The summed E-state index contributed by atoms with van der Waals surface area (Å²) in [6, 6.07) is 22.2. The zero-order chi connectivity index (χ0) is 27.6. The van der Waals surface area contributed by atoms with Crippen molar-refractivity contribution in [1.82, 2.24) is 10.2 Å². The second-order valence-electron chi connectivity index (χ2n) is 8.33. The van der Waals surface area contributed by atoms with E-state index < -0.39 is 11.8 Å².